The zero-order valence-electron chi connectivity index (χ0n) is 9.63. The van der Waals surface area contributed by atoms with Crippen molar-refractivity contribution in [3.05, 3.63) is 33.8 Å². The highest BCUT2D eigenvalue weighted by Gasteiger charge is 2.14. The fourth-order valence-corrected chi connectivity index (χ4v) is 1.87. The van der Waals surface area contributed by atoms with Crippen molar-refractivity contribution in [1.29, 1.82) is 0 Å². The van der Waals surface area contributed by atoms with Crippen LogP contribution in [0, 0.1) is 12.7 Å². The van der Waals surface area contributed by atoms with Crippen LogP contribution in [0.2, 0.25) is 10.0 Å². The van der Waals surface area contributed by atoms with Gasteiger partial charge >= 0.3 is 0 Å². The van der Waals surface area contributed by atoms with Crippen LogP contribution in [0.25, 0.3) is 11.5 Å². The van der Waals surface area contributed by atoms with Gasteiger partial charge in [0, 0.05) is 13.2 Å². The third-order valence-electron chi connectivity index (χ3n) is 2.27. The van der Waals surface area contributed by atoms with Crippen molar-refractivity contribution in [2.45, 2.75) is 6.92 Å². The first-order valence-electron chi connectivity index (χ1n) is 5.06. The fraction of sp³-hybridized carbons (Fsp3) is 0.182. The maximum absolute atomic E-state index is 13.6. The van der Waals surface area contributed by atoms with Crippen LogP contribution in [0.3, 0.4) is 0 Å². The molecule has 0 spiro atoms. The third kappa shape index (κ3) is 2.37. The van der Waals surface area contributed by atoms with E-state index < -0.39 is 5.82 Å². The van der Waals surface area contributed by atoms with E-state index in [0.29, 0.717) is 15.7 Å². The number of rotatable bonds is 2. The lowest BCUT2D eigenvalue weighted by Crippen LogP contribution is -2.04. The summed E-state index contributed by atoms with van der Waals surface area (Å²) in [6, 6.07) is 1.53. The molecule has 2 rings (SSSR count). The highest BCUT2D eigenvalue weighted by atomic mass is 35.5. The van der Waals surface area contributed by atoms with Crippen LogP contribution < -0.4 is 5.32 Å². The molecule has 0 saturated carbocycles. The summed E-state index contributed by atoms with van der Waals surface area (Å²) >= 11 is 11.8. The van der Waals surface area contributed by atoms with E-state index in [9.17, 15) is 4.39 Å². The van der Waals surface area contributed by atoms with Crippen molar-refractivity contribution >= 4 is 29.0 Å². The van der Waals surface area contributed by atoms with Crippen LogP contribution in [0.15, 0.2) is 12.3 Å². The minimum atomic E-state index is -0.494. The minimum Gasteiger partial charge on any atom is -0.371 e. The molecular weight excluding hydrogens is 278 g/mol. The SMILES string of the molecule is CNc1nc(-c2ncc(Cl)cc2Cl)nc(C)c1F. The number of hydrogen-bond donors (Lipinski definition) is 1. The first kappa shape index (κ1) is 13.0. The lowest BCUT2D eigenvalue weighted by atomic mass is 10.3. The minimum absolute atomic E-state index is 0.102. The Balaban J connectivity index is 2.60. The first-order chi connectivity index (χ1) is 8.52. The second-order valence-corrected chi connectivity index (χ2v) is 4.37. The summed E-state index contributed by atoms with van der Waals surface area (Å²) in [6.45, 7) is 1.55. The quantitative estimate of drug-likeness (QED) is 0.920. The molecule has 0 aromatic carbocycles. The van der Waals surface area contributed by atoms with Crippen molar-refractivity contribution in [3.8, 4) is 11.5 Å². The average molecular weight is 287 g/mol. The molecule has 4 nitrogen and oxygen atoms in total. The summed E-state index contributed by atoms with van der Waals surface area (Å²) in [5.74, 6) is -0.142. The Morgan fingerprint density at radius 1 is 1.28 bits per heavy atom. The average Bonchev–Trinajstić information content (AvgIpc) is 2.32. The molecule has 2 aromatic rings. The van der Waals surface area contributed by atoms with Crippen LogP contribution in [-0.4, -0.2) is 22.0 Å². The summed E-state index contributed by atoms with van der Waals surface area (Å²) in [4.78, 5) is 12.1. The Bertz CT molecular complexity index is 604. The largest absolute Gasteiger partial charge is 0.371 e. The molecule has 0 saturated heterocycles. The highest BCUT2D eigenvalue weighted by molar-refractivity contribution is 6.35. The van der Waals surface area contributed by atoms with Gasteiger partial charge in [-0.05, 0) is 13.0 Å². The van der Waals surface area contributed by atoms with Crippen LogP contribution in [0.5, 0.6) is 0 Å². The van der Waals surface area contributed by atoms with Gasteiger partial charge in [0.25, 0.3) is 0 Å². The molecular formula is C11H9Cl2FN4. The number of halogens is 3. The molecule has 18 heavy (non-hydrogen) atoms. The lowest BCUT2D eigenvalue weighted by Gasteiger charge is -2.08. The number of nitrogens with one attached hydrogen (secondary N) is 1. The van der Waals surface area contributed by atoms with Crippen LogP contribution >= 0.6 is 23.2 Å². The van der Waals surface area contributed by atoms with E-state index in [0.717, 1.165) is 0 Å². The monoisotopic (exact) mass is 286 g/mol. The number of nitrogens with zero attached hydrogens (tertiary/aromatic N) is 3. The summed E-state index contributed by atoms with van der Waals surface area (Å²) in [7, 11) is 1.57. The molecule has 2 aromatic heterocycles. The summed E-state index contributed by atoms with van der Waals surface area (Å²) in [6.07, 6.45) is 1.43. The van der Waals surface area contributed by atoms with Crippen molar-refractivity contribution < 1.29 is 4.39 Å². The summed E-state index contributed by atoms with van der Waals surface area (Å²) < 4.78 is 13.6. The van der Waals surface area contributed by atoms with Gasteiger partial charge in [-0.25, -0.2) is 19.3 Å². The van der Waals surface area contributed by atoms with Crippen molar-refractivity contribution in [1.82, 2.24) is 15.0 Å². The van der Waals surface area contributed by atoms with E-state index in [4.69, 9.17) is 23.2 Å². The zero-order chi connectivity index (χ0) is 13.3. The van der Waals surface area contributed by atoms with Gasteiger partial charge in [-0.15, -0.1) is 0 Å². The van der Waals surface area contributed by atoms with Gasteiger partial charge in [0.1, 0.15) is 5.69 Å². The normalized spacial score (nSPS) is 10.5. The van der Waals surface area contributed by atoms with Crippen molar-refractivity contribution in [2.24, 2.45) is 0 Å². The molecule has 0 aliphatic carbocycles. The van der Waals surface area contributed by atoms with Gasteiger partial charge in [0.15, 0.2) is 17.5 Å². The molecule has 0 aliphatic heterocycles. The standard InChI is InChI=1S/C11H9Cl2FN4/c1-5-8(14)10(15-2)18-11(17-5)9-7(13)3-6(12)4-16-9/h3-4H,1-2H3,(H,15,17,18). The molecule has 1 N–H and O–H groups in total. The van der Waals surface area contributed by atoms with Crippen LogP contribution in [-0.2, 0) is 0 Å². The molecule has 0 bridgehead atoms. The van der Waals surface area contributed by atoms with E-state index in [-0.39, 0.29) is 17.3 Å². The number of aromatic nitrogens is 3. The summed E-state index contributed by atoms with van der Waals surface area (Å²) in [5.41, 5.74) is 0.581. The molecule has 0 aliphatic rings. The number of pyridine rings is 1. The van der Waals surface area contributed by atoms with Gasteiger partial charge in [-0.3, -0.25) is 0 Å². The van der Waals surface area contributed by atoms with E-state index in [1.165, 1.54) is 12.3 Å². The van der Waals surface area contributed by atoms with Gasteiger partial charge in [0.2, 0.25) is 0 Å². The smallest absolute Gasteiger partial charge is 0.186 e. The first-order valence-corrected chi connectivity index (χ1v) is 5.82. The molecule has 94 valence electrons. The predicted octanol–water partition coefficient (Wildman–Crippen LogP) is 3.33. The summed E-state index contributed by atoms with van der Waals surface area (Å²) in [5, 5.41) is 3.38. The second kappa shape index (κ2) is 5.04. The van der Waals surface area contributed by atoms with Gasteiger partial charge in [0.05, 0.1) is 15.7 Å². The molecule has 0 unspecified atom stereocenters. The van der Waals surface area contributed by atoms with E-state index in [1.54, 1.807) is 14.0 Å². The van der Waals surface area contributed by atoms with Gasteiger partial charge in [-0.2, -0.15) is 0 Å². The topological polar surface area (TPSA) is 50.7 Å². The molecule has 0 atom stereocenters. The number of aryl methyl sites for hydroxylation is 1. The number of hydrogen-bond acceptors (Lipinski definition) is 4. The Hall–Kier alpha value is -1.46. The molecule has 0 radical (unpaired) electrons. The maximum Gasteiger partial charge on any atom is 0.186 e. The number of anilines is 1. The van der Waals surface area contributed by atoms with Crippen molar-refractivity contribution in [3.63, 3.8) is 0 Å². The zero-order valence-corrected chi connectivity index (χ0v) is 11.1. The van der Waals surface area contributed by atoms with E-state index in [1.807, 2.05) is 0 Å². The Labute approximate surface area is 113 Å². The Kier molecular flexibility index (Phi) is 3.63. The van der Waals surface area contributed by atoms with E-state index in [2.05, 4.69) is 20.3 Å². The lowest BCUT2D eigenvalue weighted by molar-refractivity contribution is 0.607. The maximum atomic E-state index is 13.6. The third-order valence-corrected chi connectivity index (χ3v) is 2.77. The van der Waals surface area contributed by atoms with Crippen LogP contribution in [0.1, 0.15) is 5.69 Å². The fourth-order valence-electron chi connectivity index (χ4n) is 1.41. The predicted molar refractivity (Wildman–Crippen MR) is 69.5 cm³/mol. The van der Waals surface area contributed by atoms with Crippen molar-refractivity contribution in [2.75, 3.05) is 12.4 Å². The molecule has 0 amide bonds. The van der Waals surface area contributed by atoms with Gasteiger partial charge in [-0.1, -0.05) is 23.2 Å². The van der Waals surface area contributed by atoms with Gasteiger partial charge < -0.3 is 5.32 Å². The second-order valence-electron chi connectivity index (χ2n) is 3.53. The van der Waals surface area contributed by atoms with E-state index >= 15 is 0 Å². The molecule has 7 heteroatoms. The highest BCUT2D eigenvalue weighted by Crippen LogP contribution is 2.27. The molecule has 0 fully saturated rings. The Morgan fingerprint density at radius 3 is 2.61 bits per heavy atom. The Morgan fingerprint density at radius 2 is 2.00 bits per heavy atom. The van der Waals surface area contributed by atoms with Crippen LogP contribution in [0.4, 0.5) is 10.2 Å². The molecule has 2 heterocycles.